The molecule has 1 N–H and O–H groups in total. The SMILES string of the molecule is CN(C)C(=O)CN1CCC(C(O)c2ccc(Cl)cc2)CC1. The zero-order valence-electron chi connectivity index (χ0n) is 12.6. The molecule has 21 heavy (non-hydrogen) atoms. The van der Waals surface area contributed by atoms with Crippen LogP contribution in [0.2, 0.25) is 5.02 Å². The maximum Gasteiger partial charge on any atom is 0.236 e. The fourth-order valence-corrected chi connectivity index (χ4v) is 2.82. The number of aliphatic hydroxyl groups is 1. The highest BCUT2D eigenvalue weighted by molar-refractivity contribution is 6.30. The molecule has 116 valence electrons. The van der Waals surface area contributed by atoms with Gasteiger partial charge in [-0.3, -0.25) is 9.69 Å². The van der Waals surface area contributed by atoms with Crippen molar-refractivity contribution in [1.82, 2.24) is 9.80 Å². The summed E-state index contributed by atoms with van der Waals surface area (Å²) in [6, 6.07) is 7.39. The summed E-state index contributed by atoms with van der Waals surface area (Å²) in [4.78, 5) is 15.5. The molecule has 1 aliphatic rings. The van der Waals surface area contributed by atoms with Crippen LogP contribution in [0.1, 0.15) is 24.5 Å². The van der Waals surface area contributed by atoms with Crippen LogP contribution < -0.4 is 0 Å². The Morgan fingerprint density at radius 1 is 1.33 bits per heavy atom. The Labute approximate surface area is 131 Å². The van der Waals surface area contributed by atoms with E-state index in [0.717, 1.165) is 31.5 Å². The fraction of sp³-hybridized carbons (Fsp3) is 0.562. The summed E-state index contributed by atoms with van der Waals surface area (Å²) < 4.78 is 0. The number of carbonyl (C=O) groups is 1. The van der Waals surface area contributed by atoms with Crippen molar-refractivity contribution >= 4 is 17.5 Å². The van der Waals surface area contributed by atoms with Gasteiger partial charge in [0.15, 0.2) is 0 Å². The third-order valence-electron chi connectivity index (χ3n) is 4.15. The Balaban J connectivity index is 1.86. The predicted octanol–water partition coefficient (Wildman–Crippen LogP) is 2.17. The van der Waals surface area contributed by atoms with Crippen LogP contribution in [-0.4, -0.2) is 54.5 Å². The smallest absolute Gasteiger partial charge is 0.236 e. The number of likely N-dealkylation sites (tertiary alicyclic amines) is 1. The van der Waals surface area contributed by atoms with Gasteiger partial charge in [0.05, 0.1) is 12.6 Å². The summed E-state index contributed by atoms with van der Waals surface area (Å²) in [6.45, 7) is 2.18. The van der Waals surface area contributed by atoms with Gasteiger partial charge in [0.25, 0.3) is 0 Å². The minimum absolute atomic E-state index is 0.131. The predicted molar refractivity (Wildman–Crippen MR) is 84.3 cm³/mol. The second kappa shape index (κ2) is 7.25. The van der Waals surface area contributed by atoms with Gasteiger partial charge in [-0.05, 0) is 49.5 Å². The van der Waals surface area contributed by atoms with Gasteiger partial charge in [-0.15, -0.1) is 0 Å². The van der Waals surface area contributed by atoms with Crippen LogP contribution in [0.4, 0.5) is 0 Å². The van der Waals surface area contributed by atoms with Crippen molar-refractivity contribution in [3.05, 3.63) is 34.9 Å². The molecule has 1 fully saturated rings. The lowest BCUT2D eigenvalue weighted by Gasteiger charge is -2.34. The highest BCUT2D eigenvalue weighted by Crippen LogP contribution is 2.31. The molecule has 0 bridgehead atoms. The zero-order chi connectivity index (χ0) is 15.4. The molecule has 4 nitrogen and oxygen atoms in total. The van der Waals surface area contributed by atoms with Gasteiger partial charge in [0.1, 0.15) is 0 Å². The van der Waals surface area contributed by atoms with Gasteiger partial charge in [-0.1, -0.05) is 23.7 Å². The highest BCUT2D eigenvalue weighted by atomic mass is 35.5. The number of hydrogen-bond acceptors (Lipinski definition) is 3. The van der Waals surface area contributed by atoms with E-state index >= 15 is 0 Å². The average molecular weight is 311 g/mol. The lowest BCUT2D eigenvalue weighted by atomic mass is 9.87. The van der Waals surface area contributed by atoms with E-state index in [4.69, 9.17) is 11.6 Å². The van der Waals surface area contributed by atoms with E-state index in [1.807, 2.05) is 24.3 Å². The van der Waals surface area contributed by atoms with Crippen molar-refractivity contribution in [1.29, 1.82) is 0 Å². The normalized spacial score (nSPS) is 18.5. The Morgan fingerprint density at radius 2 is 1.90 bits per heavy atom. The highest BCUT2D eigenvalue weighted by Gasteiger charge is 2.27. The Morgan fingerprint density at radius 3 is 2.43 bits per heavy atom. The first-order valence-electron chi connectivity index (χ1n) is 7.33. The molecule has 1 unspecified atom stereocenters. The minimum atomic E-state index is -0.450. The van der Waals surface area contributed by atoms with Crippen LogP contribution in [0.3, 0.4) is 0 Å². The molecule has 1 aromatic rings. The first-order chi connectivity index (χ1) is 9.97. The molecule has 1 heterocycles. The Hall–Kier alpha value is -1.10. The number of piperidine rings is 1. The number of hydrogen-bond donors (Lipinski definition) is 1. The third kappa shape index (κ3) is 4.43. The first kappa shape index (κ1) is 16.3. The van der Waals surface area contributed by atoms with Gasteiger partial charge >= 0.3 is 0 Å². The van der Waals surface area contributed by atoms with Crippen molar-refractivity contribution in [2.45, 2.75) is 18.9 Å². The summed E-state index contributed by atoms with van der Waals surface area (Å²) in [6.07, 6.45) is 1.36. The van der Waals surface area contributed by atoms with Crippen LogP contribution >= 0.6 is 11.6 Å². The number of carbonyl (C=O) groups excluding carboxylic acids is 1. The van der Waals surface area contributed by atoms with E-state index in [9.17, 15) is 9.90 Å². The molecule has 0 saturated carbocycles. The standard InChI is InChI=1S/C16H23ClN2O2/c1-18(2)15(20)11-19-9-7-13(8-10-19)16(21)12-3-5-14(17)6-4-12/h3-6,13,16,21H,7-11H2,1-2H3. The fourth-order valence-electron chi connectivity index (χ4n) is 2.69. The Kier molecular flexibility index (Phi) is 5.62. The van der Waals surface area contributed by atoms with Crippen LogP contribution in [0, 0.1) is 5.92 Å². The summed E-state index contributed by atoms with van der Waals surface area (Å²) in [5.41, 5.74) is 0.919. The zero-order valence-corrected chi connectivity index (χ0v) is 13.4. The van der Waals surface area contributed by atoms with Crippen molar-refractivity contribution in [2.75, 3.05) is 33.7 Å². The van der Waals surface area contributed by atoms with Crippen LogP contribution in [0.25, 0.3) is 0 Å². The molecule has 1 saturated heterocycles. The quantitative estimate of drug-likeness (QED) is 0.927. The summed E-state index contributed by atoms with van der Waals surface area (Å²) in [5.74, 6) is 0.378. The summed E-state index contributed by atoms with van der Waals surface area (Å²) in [7, 11) is 3.55. The van der Waals surface area contributed by atoms with Crippen molar-refractivity contribution in [2.24, 2.45) is 5.92 Å². The van der Waals surface area contributed by atoms with E-state index in [1.165, 1.54) is 0 Å². The van der Waals surface area contributed by atoms with Crippen molar-refractivity contribution in [3.63, 3.8) is 0 Å². The second-order valence-corrected chi connectivity index (χ2v) is 6.33. The van der Waals surface area contributed by atoms with Crippen molar-refractivity contribution in [3.8, 4) is 0 Å². The molecule has 2 rings (SSSR count). The number of nitrogens with zero attached hydrogens (tertiary/aromatic N) is 2. The molecule has 1 amide bonds. The van der Waals surface area contributed by atoms with Crippen LogP contribution in [-0.2, 0) is 4.79 Å². The number of halogens is 1. The number of benzene rings is 1. The van der Waals surface area contributed by atoms with Gasteiger partial charge < -0.3 is 10.0 Å². The molecule has 1 aliphatic heterocycles. The van der Waals surface area contributed by atoms with E-state index in [2.05, 4.69) is 4.90 Å². The van der Waals surface area contributed by atoms with E-state index in [-0.39, 0.29) is 11.8 Å². The number of likely N-dealkylation sites (N-methyl/N-ethyl adjacent to an activating group) is 1. The van der Waals surface area contributed by atoms with E-state index in [0.29, 0.717) is 11.6 Å². The van der Waals surface area contributed by atoms with E-state index in [1.54, 1.807) is 19.0 Å². The first-order valence-corrected chi connectivity index (χ1v) is 7.71. The lowest BCUT2D eigenvalue weighted by molar-refractivity contribution is -0.130. The molecule has 0 spiro atoms. The molecular weight excluding hydrogens is 288 g/mol. The number of amides is 1. The van der Waals surface area contributed by atoms with Gasteiger partial charge in [0.2, 0.25) is 5.91 Å². The van der Waals surface area contributed by atoms with Crippen molar-refractivity contribution < 1.29 is 9.90 Å². The van der Waals surface area contributed by atoms with Gasteiger partial charge in [-0.25, -0.2) is 0 Å². The van der Waals surface area contributed by atoms with Crippen LogP contribution in [0.15, 0.2) is 24.3 Å². The maximum absolute atomic E-state index is 11.7. The van der Waals surface area contributed by atoms with Gasteiger partial charge in [0, 0.05) is 19.1 Å². The molecule has 0 aliphatic carbocycles. The summed E-state index contributed by atoms with van der Waals surface area (Å²) >= 11 is 5.87. The topological polar surface area (TPSA) is 43.8 Å². The maximum atomic E-state index is 11.7. The molecular formula is C16H23ClN2O2. The minimum Gasteiger partial charge on any atom is -0.388 e. The van der Waals surface area contributed by atoms with E-state index < -0.39 is 6.10 Å². The summed E-state index contributed by atoms with van der Waals surface area (Å²) in [5, 5.41) is 11.1. The molecule has 1 aromatic carbocycles. The molecule has 5 heteroatoms. The third-order valence-corrected chi connectivity index (χ3v) is 4.40. The Bertz CT molecular complexity index is 468. The molecule has 0 aromatic heterocycles. The molecule has 1 atom stereocenters. The van der Waals surface area contributed by atoms with Crippen LogP contribution in [0.5, 0.6) is 0 Å². The number of aliphatic hydroxyl groups excluding tert-OH is 1. The lowest BCUT2D eigenvalue weighted by Crippen LogP contribution is -2.42. The average Bonchev–Trinajstić information content (AvgIpc) is 2.48. The molecule has 0 radical (unpaired) electrons. The van der Waals surface area contributed by atoms with Gasteiger partial charge in [-0.2, -0.15) is 0 Å². The largest absolute Gasteiger partial charge is 0.388 e. The number of rotatable bonds is 4. The second-order valence-electron chi connectivity index (χ2n) is 5.90. The monoisotopic (exact) mass is 310 g/mol.